The maximum atomic E-state index is 12.7. The van der Waals surface area contributed by atoms with Gasteiger partial charge in [-0.3, -0.25) is 4.79 Å². The highest BCUT2D eigenvalue weighted by Gasteiger charge is 2.27. The van der Waals surface area contributed by atoms with Gasteiger partial charge in [-0.15, -0.1) is 15.3 Å². The van der Waals surface area contributed by atoms with Crippen LogP contribution in [0.4, 0.5) is 11.5 Å². The summed E-state index contributed by atoms with van der Waals surface area (Å²) in [7, 11) is 0. The Morgan fingerprint density at radius 3 is 2.89 bits per heavy atom. The van der Waals surface area contributed by atoms with Crippen molar-refractivity contribution in [3.8, 4) is 0 Å². The molecule has 8 heteroatoms. The van der Waals surface area contributed by atoms with Crippen LogP contribution in [-0.4, -0.2) is 38.8 Å². The average Bonchev–Trinajstić information content (AvgIpc) is 3.11. The molecule has 3 heterocycles. The van der Waals surface area contributed by atoms with Gasteiger partial charge in [0, 0.05) is 29.7 Å². The molecule has 7 nitrogen and oxygen atoms in total. The lowest BCUT2D eigenvalue weighted by Crippen LogP contribution is -2.41. The van der Waals surface area contributed by atoms with Crippen molar-refractivity contribution < 1.29 is 4.79 Å². The van der Waals surface area contributed by atoms with E-state index in [1.54, 1.807) is 16.6 Å². The van der Waals surface area contributed by atoms with Gasteiger partial charge in [0.25, 0.3) is 0 Å². The van der Waals surface area contributed by atoms with Gasteiger partial charge in [-0.1, -0.05) is 31.5 Å². The Kier molecular flexibility index (Phi) is 5.17. The molecule has 1 fully saturated rings. The summed E-state index contributed by atoms with van der Waals surface area (Å²) in [6, 6.07) is 11.1. The fourth-order valence-corrected chi connectivity index (χ4v) is 3.72. The number of nitrogens with zero attached hydrogens (tertiary/aromatic N) is 5. The number of carbonyl (C=O) groups is 1. The zero-order valence-electron chi connectivity index (χ0n) is 16.0. The molecule has 3 aromatic rings. The van der Waals surface area contributed by atoms with Crippen LogP contribution in [0.3, 0.4) is 0 Å². The second-order valence-electron chi connectivity index (χ2n) is 7.46. The molecule has 0 radical (unpaired) electrons. The van der Waals surface area contributed by atoms with Gasteiger partial charge >= 0.3 is 0 Å². The first-order valence-electron chi connectivity index (χ1n) is 9.55. The smallest absolute Gasteiger partial charge is 0.229 e. The first kappa shape index (κ1) is 18.7. The number of nitrogens with one attached hydrogen (secondary N) is 1. The van der Waals surface area contributed by atoms with Crippen molar-refractivity contribution in [2.75, 3.05) is 23.3 Å². The minimum atomic E-state index is -0.101. The number of anilines is 2. The Balaban J connectivity index is 1.51. The predicted octanol–water partition coefficient (Wildman–Crippen LogP) is 3.76. The van der Waals surface area contributed by atoms with Crippen molar-refractivity contribution >= 4 is 34.7 Å². The molecule has 1 aliphatic rings. The number of rotatable bonds is 4. The van der Waals surface area contributed by atoms with E-state index >= 15 is 0 Å². The summed E-state index contributed by atoms with van der Waals surface area (Å²) in [5.41, 5.74) is 1.46. The van der Waals surface area contributed by atoms with Gasteiger partial charge < -0.3 is 10.2 Å². The lowest BCUT2D eigenvalue weighted by atomic mass is 9.97. The van der Waals surface area contributed by atoms with Gasteiger partial charge in [-0.25, -0.2) is 0 Å². The maximum Gasteiger partial charge on any atom is 0.229 e. The van der Waals surface area contributed by atoms with Crippen LogP contribution >= 0.6 is 11.6 Å². The molecule has 1 saturated heterocycles. The quantitative estimate of drug-likeness (QED) is 0.724. The number of benzene rings is 1. The number of aromatic nitrogens is 4. The largest absolute Gasteiger partial charge is 0.354 e. The number of amides is 1. The van der Waals surface area contributed by atoms with Crippen molar-refractivity contribution in [1.29, 1.82) is 0 Å². The zero-order chi connectivity index (χ0) is 19.7. The number of halogens is 1. The molecule has 4 rings (SSSR count). The zero-order valence-corrected chi connectivity index (χ0v) is 16.7. The van der Waals surface area contributed by atoms with Crippen LogP contribution in [0.1, 0.15) is 38.4 Å². The molecule has 2 aromatic heterocycles. The standard InChI is InChI=1S/C20H23ClN6O/c1-13(2)19-24-23-17-8-9-18(25-27(17)19)26-10-4-5-14(12-26)20(28)22-16-7-3-6-15(21)11-16/h3,6-9,11,13-14H,4-5,10,12H2,1-2H3,(H,22,28)/t14-/m1/s1. The van der Waals surface area contributed by atoms with E-state index in [1.165, 1.54) is 0 Å². The third-order valence-electron chi connectivity index (χ3n) is 5.00. The van der Waals surface area contributed by atoms with Crippen molar-refractivity contribution in [3.05, 3.63) is 47.2 Å². The Labute approximate surface area is 168 Å². The van der Waals surface area contributed by atoms with E-state index in [0.29, 0.717) is 11.6 Å². The molecule has 0 bridgehead atoms. The lowest BCUT2D eigenvalue weighted by molar-refractivity contribution is -0.120. The maximum absolute atomic E-state index is 12.7. The number of hydrogen-bond acceptors (Lipinski definition) is 5. The summed E-state index contributed by atoms with van der Waals surface area (Å²) in [6.07, 6.45) is 1.79. The first-order valence-corrected chi connectivity index (χ1v) is 9.93. The molecule has 1 aliphatic heterocycles. The van der Waals surface area contributed by atoms with E-state index in [9.17, 15) is 4.79 Å². The molecule has 0 aliphatic carbocycles. The fourth-order valence-electron chi connectivity index (χ4n) is 3.53. The van der Waals surface area contributed by atoms with Crippen LogP contribution in [0, 0.1) is 5.92 Å². The molecule has 1 amide bonds. The predicted molar refractivity (Wildman–Crippen MR) is 110 cm³/mol. The van der Waals surface area contributed by atoms with Gasteiger partial charge in [0.05, 0.1) is 5.92 Å². The number of hydrogen-bond donors (Lipinski definition) is 1. The molecule has 1 N–H and O–H groups in total. The topological polar surface area (TPSA) is 75.4 Å². The molecule has 0 saturated carbocycles. The van der Waals surface area contributed by atoms with Crippen molar-refractivity contribution in [2.24, 2.45) is 5.92 Å². The third-order valence-corrected chi connectivity index (χ3v) is 5.23. The molecule has 0 spiro atoms. The highest BCUT2D eigenvalue weighted by atomic mass is 35.5. The Bertz CT molecular complexity index is 1000. The second kappa shape index (κ2) is 7.75. The number of fused-ring (bicyclic) bond motifs is 1. The Hall–Kier alpha value is -2.67. The molecule has 28 heavy (non-hydrogen) atoms. The van der Waals surface area contributed by atoms with Crippen LogP contribution in [0.2, 0.25) is 5.02 Å². The molecular formula is C20H23ClN6O. The van der Waals surface area contributed by atoms with Gasteiger partial charge in [0.1, 0.15) is 5.82 Å². The van der Waals surface area contributed by atoms with E-state index < -0.39 is 0 Å². The van der Waals surface area contributed by atoms with Gasteiger partial charge in [-0.05, 0) is 43.2 Å². The molecular weight excluding hydrogens is 376 g/mol. The third kappa shape index (κ3) is 3.80. The van der Waals surface area contributed by atoms with Crippen molar-refractivity contribution in [1.82, 2.24) is 19.8 Å². The summed E-state index contributed by atoms with van der Waals surface area (Å²) in [4.78, 5) is 14.9. The summed E-state index contributed by atoms with van der Waals surface area (Å²) in [6.45, 7) is 5.65. The highest BCUT2D eigenvalue weighted by molar-refractivity contribution is 6.30. The van der Waals surface area contributed by atoms with Crippen molar-refractivity contribution in [3.63, 3.8) is 0 Å². The number of carbonyl (C=O) groups excluding carboxylic acids is 1. The minimum Gasteiger partial charge on any atom is -0.354 e. The molecule has 1 atom stereocenters. The van der Waals surface area contributed by atoms with E-state index in [4.69, 9.17) is 16.7 Å². The SMILES string of the molecule is CC(C)c1nnc2ccc(N3CCC[C@@H](C(=O)Nc4cccc(Cl)c4)C3)nn12. The van der Waals surface area contributed by atoms with Crippen LogP contribution in [0.15, 0.2) is 36.4 Å². The Morgan fingerprint density at radius 2 is 2.11 bits per heavy atom. The van der Waals surface area contributed by atoms with Gasteiger partial charge in [0.15, 0.2) is 11.5 Å². The van der Waals surface area contributed by atoms with Crippen LogP contribution in [0.25, 0.3) is 5.65 Å². The number of piperidine rings is 1. The Morgan fingerprint density at radius 1 is 1.25 bits per heavy atom. The summed E-state index contributed by atoms with van der Waals surface area (Å²) in [5.74, 6) is 1.82. The minimum absolute atomic E-state index is 0.0141. The molecule has 1 aromatic carbocycles. The van der Waals surface area contributed by atoms with Crippen LogP contribution in [-0.2, 0) is 4.79 Å². The normalized spacial score (nSPS) is 17.3. The van der Waals surface area contributed by atoms with Crippen LogP contribution < -0.4 is 10.2 Å². The van der Waals surface area contributed by atoms with E-state index in [1.807, 2.05) is 24.3 Å². The van der Waals surface area contributed by atoms with Gasteiger partial charge in [0.2, 0.25) is 5.91 Å². The summed E-state index contributed by atoms with van der Waals surface area (Å²) < 4.78 is 1.80. The fraction of sp³-hybridized carbons (Fsp3) is 0.400. The lowest BCUT2D eigenvalue weighted by Gasteiger charge is -2.32. The first-order chi connectivity index (χ1) is 13.5. The summed E-state index contributed by atoms with van der Waals surface area (Å²) in [5, 5.41) is 16.7. The second-order valence-corrected chi connectivity index (χ2v) is 7.90. The van der Waals surface area contributed by atoms with E-state index in [0.717, 1.165) is 42.4 Å². The molecule has 0 unspecified atom stereocenters. The van der Waals surface area contributed by atoms with Crippen LogP contribution in [0.5, 0.6) is 0 Å². The van der Waals surface area contributed by atoms with E-state index in [-0.39, 0.29) is 17.7 Å². The summed E-state index contributed by atoms with van der Waals surface area (Å²) >= 11 is 6.01. The van der Waals surface area contributed by atoms with Crippen molar-refractivity contribution in [2.45, 2.75) is 32.6 Å². The molecule has 146 valence electrons. The monoisotopic (exact) mass is 398 g/mol. The average molecular weight is 399 g/mol. The highest BCUT2D eigenvalue weighted by Crippen LogP contribution is 2.24. The van der Waals surface area contributed by atoms with Gasteiger partial charge in [-0.2, -0.15) is 4.52 Å². The van der Waals surface area contributed by atoms with E-state index in [2.05, 4.69) is 34.3 Å².